The molecule has 0 aromatic carbocycles. The summed E-state index contributed by atoms with van der Waals surface area (Å²) in [5.74, 6) is -0.269. The number of rotatable bonds is 7. The zero-order valence-electron chi connectivity index (χ0n) is 10.3. The van der Waals surface area contributed by atoms with Crippen molar-refractivity contribution < 1.29 is 14.3 Å². The van der Waals surface area contributed by atoms with E-state index in [1.165, 1.54) is 0 Å². The average Bonchev–Trinajstić information content (AvgIpc) is 2.21. The quantitative estimate of drug-likeness (QED) is 0.311. The Hall–Kier alpha value is 0.227. The lowest BCUT2D eigenvalue weighted by atomic mass is 10.4. The van der Waals surface area contributed by atoms with Crippen molar-refractivity contribution in [2.75, 3.05) is 0 Å². The molecule has 2 atom stereocenters. The van der Waals surface area contributed by atoms with Crippen LogP contribution < -0.4 is 0 Å². The Morgan fingerprint density at radius 3 is 2.12 bits per heavy atom. The second kappa shape index (κ2) is 7.53. The van der Waals surface area contributed by atoms with E-state index in [-0.39, 0.29) is 11.7 Å². The normalized spacial score (nSPS) is 15.6. The van der Waals surface area contributed by atoms with Gasteiger partial charge in [-0.1, -0.05) is 20.8 Å². The molecule has 0 aromatic rings. The summed E-state index contributed by atoms with van der Waals surface area (Å²) in [4.78, 5) is 11.1. The molecule has 0 amide bonds. The molecule has 16 heavy (non-hydrogen) atoms. The summed E-state index contributed by atoms with van der Waals surface area (Å²) in [7, 11) is 0. The number of hydrogen-bond acceptors (Lipinski definition) is 3. The van der Waals surface area contributed by atoms with E-state index >= 15 is 0 Å². The van der Waals surface area contributed by atoms with Gasteiger partial charge < -0.3 is 9.47 Å². The lowest BCUT2D eigenvalue weighted by Gasteiger charge is -2.27. The van der Waals surface area contributed by atoms with Gasteiger partial charge in [-0.15, -0.1) is 22.2 Å². The molecule has 0 fully saturated rings. The minimum absolute atomic E-state index is 0.217. The predicted octanol–water partition coefficient (Wildman–Crippen LogP) is 3.56. The summed E-state index contributed by atoms with van der Waals surface area (Å²) in [5.41, 5.74) is -0.217. The van der Waals surface area contributed by atoms with Gasteiger partial charge in [0.05, 0.1) is 5.73 Å². The molecule has 6 heteroatoms. The molecule has 0 spiro atoms. The molecule has 0 aliphatic carbocycles. The number of hydrogen-bond donors (Lipinski definition) is 0. The van der Waals surface area contributed by atoms with Crippen LogP contribution in [0.3, 0.4) is 0 Å². The largest absolute Gasteiger partial charge is 0.436 e. The van der Waals surface area contributed by atoms with Gasteiger partial charge in [0.2, 0.25) is 6.29 Å². The standard InChI is InChI=1S/C10H20Cl2O3Si/c1-5-8(13)14-9(6-2)15-10(7-3)16(4,11)12/h9-10H,5-7H2,1-4H3. The van der Waals surface area contributed by atoms with Crippen LogP contribution in [-0.4, -0.2) is 24.7 Å². The fraction of sp³-hybridized carbons (Fsp3) is 0.900. The molecule has 0 aliphatic heterocycles. The summed E-state index contributed by atoms with van der Waals surface area (Å²) in [6.07, 6.45) is 1.12. The number of carbonyl (C=O) groups is 1. The summed E-state index contributed by atoms with van der Waals surface area (Å²) in [6.45, 7) is 5.00. The Kier molecular flexibility index (Phi) is 7.64. The van der Waals surface area contributed by atoms with E-state index in [2.05, 4.69) is 0 Å². The maximum atomic E-state index is 11.1. The van der Waals surface area contributed by atoms with Crippen molar-refractivity contribution in [2.45, 2.75) is 58.6 Å². The van der Waals surface area contributed by atoms with E-state index < -0.39 is 13.0 Å². The third-order valence-electron chi connectivity index (χ3n) is 2.14. The highest BCUT2D eigenvalue weighted by Gasteiger charge is 2.35. The zero-order chi connectivity index (χ0) is 12.8. The number of halogens is 2. The highest BCUT2D eigenvalue weighted by Crippen LogP contribution is 2.25. The van der Waals surface area contributed by atoms with Crippen LogP contribution >= 0.6 is 22.2 Å². The summed E-state index contributed by atoms with van der Waals surface area (Å²) < 4.78 is 10.8. The molecule has 0 radical (unpaired) electrons. The van der Waals surface area contributed by atoms with Gasteiger partial charge in [-0.25, -0.2) is 0 Å². The van der Waals surface area contributed by atoms with E-state index in [9.17, 15) is 4.79 Å². The van der Waals surface area contributed by atoms with Crippen LogP contribution in [0.5, 0.6) is 0 Å². The van der Waals surface area contributed by atoms with E-state index in [0.717, 1.165) is 6.42 Å². The highest BCUT2D eigenvalue weighted by atomic mass is 35.7. The predicted molar refractivity (Wildman–Crippen MR) is 69.0 cm³/mol. The lowest BCUT2D eigenvalue weighted by Crippen LogP contribution is -2.39. The van der Waals surface area contributed by atoms with Gasteiger partial charge in [-0.3, -0.25) is 4.79 Å². The van der Waals surface area contributed by atoms with Crippen LogP contribution in [0.25, 0.3) is 0 Å². The first-order valence-electron chi connectivity index (χ1n) is 5.57. The lowest BCUT2D eigenvalue weighted by molar-refractivity contribution is -0.183. The number of esters is 1. The Morgan fingerprint density at radius 2 is 1.81 bits per heavy atom. The first kappa shape index (κ1) is 16.2. The van der Waals surface area contributed by atoms with Gasteiger partial charge in [0.1, 0.15) is 0 Å². The Labute approximate surface area is 108 Å². The average molecular weight is 287 g/mol. The third kappa shape index (κ3) is 6.08. The van der Waals surface area contributed by atoms with Crippen molar-refractivity contribution >= 4 is 34.8 Å². The van der Waals surface area contributed by atoms with Crippen LogP contribution in [0.4, 0.5) is 0 Å². The van der Waals surface area contributed by atoms with Gasteiger partial charge in [-0.05, 0) is 13.0 Å². The Balaban J connectivity index is 4.34. The van der Waals surface area contributed by atoms with E-state index in [0.29, 0.717) is 12.8 Å². The molecule has 0 aromatic heterocycles. The number of ether oxygens (including phenoxy) is 2. The second-order valence-corrected chi connectivity index (χ2v) is 11.5. The molecule has 0 saturated carbocycles. The van der Waals surface area contributed by atoms with E-state index in [4.69, 9.17) is 31.6 Å². The molecule has 2 unspecified atom stereocenters. The third-order valence-corrected chi connectivity index (χ3v) is 5.27. The molecule has 96 valence electrons. The topological polar surface area (TPSA) is 35.5 Å². The Morgan fingerprint density at radius 1 is 1.25 bits per heavy atom. The zero-order valence-corrected chi connectivity index (χ0v) is 12.8. The van der Waals surface area contributed by atoms with Crippen LogP contribution in [0.15, 0.2) is 0 Å². The molecule has 0 aliphatic rings. The molecule has 3 nitrogen and oxygen atoms in total. The van der Waals surface area contributed by atoms with E-state index in [1.54, 1.807) is 13.5 Å². The highest BCUT2D eigenvalue weighted by molar-refractivity contribution is 7.45. The van der Waals surface area contributed by atoms with Crippen LogP contribution in [0, 0.1) is 0 Å². The Bertz CT molecular complexity index is 219. The van der Waals surface area contributed by atoms with Crippen LogP contribution in [0.1, 0.15) is 40.0 Å². The fourth-order valence-corrected chi connectivity index (χ4v) is 3.54. The molecular weight excluding hydrogens is 267 g/mol. The van der Waals surface area contributed by atoms with Crippen molar-refractivity contribution in [3.8, 4) is 0 Å². The van der Waals surface area contributed by atoms with Gasteiger partial charge >= 0.3 is 5.97 Å². The first-order chi connectivity index (χ1) is 7.35. The van der Waals surface area contributed by atoms with E-state index in [1.807, 2.05) is 13.8 Å². The molecular formula is C10H20Cl2O3Si. The van der Waals surface area contributed by atoms with Crippen molar-refractivity contribution in [1.82, 2.24) is 0 Å². The van der Waals surface area contributed by atoms with Crippen molar-refractivity contribution in [1.29, 1.82) is 0 Å². The molecule has 0 heterocycles. The molecule has 0 bridgehead atoms. The van der Waals surface area contributed by atoms with Crippen molar-refractivity contribution in [3.05, 3.63) is 0 Å². The van der Waals surface area contributed by atoms with Crippen LogP contribution in [0.2, 0.25) is 6.55 Å². The maximum absolute atomic E-state index is 11.1. The molecule has 0 saturated heterocycles. The van der Waals surface area contributed by atoms with Crippen LogP contribution in [-0.2, 0) is 14.3 Å². The summed E-state index contributed by atoms with van der Waals surface area (Å²) >= 11 is 12.2. The fourth-order valence-electron chi connectivity index (χ4n) is 1.19. The van der Waals surface area contributed by atoms with Gasteiger partial charge in [0, 0.05) is 12.8 Å². The number of carbonyl (C=O) groups excluding carboxylic acids is 1. The van der Waals surface area contributed by atoms with Crippen molar-refractivity contribution in [2.24, 2.45) is 0 Å². The first-order valence-corrected chi connectivity index (χ1v) is 10.2. The van der Waals surface area contributed by atoms with Gasteiger partial charge in [-0.2, -0.15) is 0 Å². The second-order valence-electron chi connectivity index (χ2n) is 3.67. The SMILES string of the molecule is CCC(=O)OC(CC)OC(CC)[Si](C)(Cl)Cl. The van der Waals surface area contributed by atoms with Gasteiger partial charge in [0.15, 0.2) is 0 Å². The summed E-state index contributed by atoms with van der Waals surface area (Å²) in [6, 6.07) is 0. The minimum atomic E-state index is -2.40. The van der Waals surface area contributed by atoms with Crippen molar-refractivity contribution in [3.63, 3.8) is 0 Å². The minimum Gasteiger partial charge on any atom is -0.436 e. The van der Waals surface area contributed by atoms with Gasteiger partial charge in [0.25, 0.3) is 6.69 Å². The monoisotopic (exact) mass is 286 g/mol. The maximum Gasteiger partial charge on any atom is 0.307 e. The summed E-state index contributed by atoms with van der Waals surface area (Å²) in [5, 5.41) is 0. The molecule has 0 N–H and O–H groups in total. The smallest absolute Gasteiger partial charge is 0.307 e. The molecule has 0 rings (SSSR count).